The monoisotopic (exact) mass is 455 g/mol. The zero-order valence-corrected chi connectivity index (χ0v) is 16.0. The average Bonchev–Trinajstić information content (AvgIpc) is 2.77. The van der Waals surface area contributed by atoms with Crippen LogP contribution in [0.4, 0.5) is 20.3 Å². The first-order valence-corrected chi connectivity index (χ1v) is 8.67. The van der Waals surface area contributed by atoms with Gasteiger partial charge in [-0.25, -0.2) is 8.78 Å². The van der Waals surface area contributed by atoms with Crippen LogP contribution < -0.4 is 5.32 Å². The summed E-state index contributed by atoms with van der Waals surface area (Å²) in [5, 5.41) is 7.51. The largest absolute Gasteiger partial charge is 0.337 e. The van der Waals surface area contributed by atoms with Crippen LogP contribution in [0, 0.1) is 18.6 Å². The summed E-state index contributed by atoms with van der Waals surface area (Å²) < 4.78 is 30.4. The maximum absolute atomic E-state index is 14.2. The molecule has 1 heterocycles. The number of nitrogens with zero attached hydrogens (tertiary/aromatic N) is 2. The van der Waals surface area contributed by atoms with Crippen LogP contribution in [0.25, 0.3) is 11.1 Å². The summed E-state index contributed by atoms with van der Waals surface area (Å²) >= 11 is 6.74. The summed E-state index contributed by atoms with van der Waals surface area (Å²) in [4.78, 5) is 0. The minimum Gasteiger partial charge on any atom is -0.337 e. The van der Waals surface area contributed by atoms with Crippen molar-refractivity contribution >= 4 is 43.4 Å². The van der Waals surface area contributed by atoms with Gasteiger partial charge in [0, 0.05) is 27.1 Å². The van der Waals surface area contributed by atoms with Gasteiger partial charge in [0.1, 0.15) is 17.5 Å². The highest BCUT2D eigenvalue weighted by Gasteiger charge is 2.19. The number of rotatable bonds is 3. The van der Waals surface area contributed by atoms with Crippen molar-refractivity contribution in [2.45, 2.75) is 6.92 Å². The molecule has 3 nitrogen and oxygen atoms in total. The van der Waals surface area contributed by atoms with Crippen molar-refractivity contribution in [3.8, 4) is 11.1 Å². The number of anilines is 2. The van der Waals surface area contributed by atoms with Crippen LogP contribution in [0.3, 0.4) is 0 Å². The van der Waals surface area contributed by atoms with Crippen molar-refractivity contribution in [2.24, 2.45) is 7.05 Å². The third-order valence-electron chi connectivity index (χ3n) is 3.63. The Balaban J connectivity index is 2.16. The molecule has 0 unspecified atom stereocenters. The highest BCUT2D eigenvalue weighted by molar-refractivity contribution is 9.11. The van der Waals surface area contributed by atoms with Crippen LogP contribution >= 0.6 is 31.9 Å². The van der Waals surface area contributed by atoms with Crippen LogP contribution in [0.2, 0.25) is 0 Å². The van der Waals surface area contributed by atoms with Gasteiger partial charge in [0.15, 0.2) is 0 Å². The van der Waals surface area contributed by atoms with Crippen molar-refractivity contribution in [1.82, 2.24) is 9.78 Å². The Morgan fingerprint density at radius 1 is 1.08 bits per heavy atom. The summed E-state index contributed by atoms with van der Waals surface area (Å²) in [6.07, 6.45) is 0. The summed E-state index contributed by atoms with van der Waals surface area (Å²) in [5.74, 6) is -0.100. The zero-order chi connectivity index (χ0) is 17.4. The zero-order valence-electron chi connectivity index (χ0n) is 12.9. The molecule has 0 aliphatic heterocycles. The van der Waals surface area contributed by atoms with Crippen molar-refractivity contribution in [3.05, 3.63) is 62.7 Å². The SMILES string of the molecule is Cc1nn(C)c(Nc2c(F)cccc2Br)c1-c1ccc(F)cc1Br. The van der Waals surface area contributed by atoms with Crippen LogP contribution in [0.1, 0.15) is 5.69 Å². The maximum atomic E-state index is 14.2. The molecule has 0 aliphatic carbocycles. The Bertz CT molecular complexity index is 902. The molecule has 7 heteroatoms. The van der Waals surface area contributed by atoms with Crippen molar-refractivity contribution < 1.29 is 8.78 Å². The molecule has 0 spiro atoms. The van der Waals surface area contributed by atoms with E-state index in [9.17, 15) is 8.78 Å². The van der Waals surface area contributed by atoms with E-state index in [2.05, 4.69) is 42.3 Å². The first-order chi connectivity index (χ1) is 11.4. The Hall–Kier alpha value is -1.73. The molecule has 0 amide bonds. The molecule has 1 aromatic heterocycles. The van der Waals surface area contributed by atoms with E-state index < -0.39 is 0 Å². The second-order valence-corrected chi connectivity index (χ2v) is 6.99. The molecule has 2 aromatic carbocycles. The molecule has 0 radical (unpaired) electrons. The Morgan fingerprint density at radius 3 is 2.50 bits per heavy atom. The Kier molecular flexibility index (Phi) is 4.73. The lowest BCUT2D eigenvalue weighted by Gasteiger charge is -2.13. The number of hydrogen-bond donors (Lipinski definition) is 1. The summed E-state index contributed by atoms with van der Waals surface area (Å²) in [5.41, 5.74) is 2.62. The van der Waals surface area contributed by atoms with Crippen LogP contribution in [0.5, 0.6) is 0 Å². The molecule has 0 aliphatic rings. The van der Waals surface area contributed by atoms with E-state index in [0.29, 0.717) is 20.5 Å². The molecule has 124 valence electrons. The van der Waals surface area contributed by atoms with E-state index >= 15 is 0 Å². The summed E-state index contributed by atoms with van der Waals surface area (Å²) in [6.45, 7) is 1.85. The third-order valence-corrected chi connectivity index (χ3v) is 4.95. The first-order valence-electron chi connectivity index (χ1n) is 7.08. The predicted molar refractivity (Wildman–Crippen MR) is 98.4 cm³/mol. The van der Waals surface area contributed by atoms with Gasteiger partial charge in [-0.05, 0) is 47.1 Å². The maximum Gasteiger partial charge on any atom is 0.147 e. The normalized spacial score (nSPS) is 10.9. The van der Waals surface area contributed by atoms with Gasteiger partial charge >= 0.3 is 0 Å². The number of halogens is 4. The number of benzene rings is 2. The van der Waals surface area contributed by atoms with E-state index in [-0.39, 0.29) is 11.6 Å². The smallest absolute Gasteiger partial charge is 0.147 e. The lowest BCUT2D eigenvalue weighted by atomic mass is 10.1. The van der Waals surface area contributed by atoms with E-state index in [1.165, 1.54) is 18.2 Å². The van der Waals surface area contributed by atoms with Gasteiger partial charge in [0.2, 0.25) is 0 Å². The van der Waals surface area contributed by atoms with E-state index in [4.69, 9.17) is 0 Å². The fourth-order valence-corrected chi connectivity index (χ4v) is 3.54. The van der Waals surface area contributed by atoms with E-state index in [1.54, 1.807) is 29.9 Å². The molecule has 1 N–H and O–H groups in total. The second kappa shape index (κ2) is 6.64. The molecule has 0 fully saturated rings. The van der Waals surface area contributed by atoms with Gasteiger partial charge in [-0.2, -0.15) is 5.10 Å². The minimum absolute atomic E-state index is 0.319. The minimum atomic E-state index is -0.382. The van der Waals surface area contributed by atoms with Crippen LogP contribution in [-0.2, 0) is 7.05 Å². The molecule has 0 atom stereocenters. The topological polar surface area (TPSA) is 29.9 Å². The molecule has 0 saturated heterocycles. The van der Waals surface area contributed by atoms with Crippen LogP contribution in [-0.4, -0.2) is 9.78 Å². The van der Waals surface area contributed by atoms with Crippen molar-refractivity contribution in [2.75, 3.05) is 5.32 Å². The van der Waals surface area contributed by atoms with Crippen molar-refractivity contribution in [3.63, 3.8) is 0 Å². The van der Waals surface area contributed by atoms with Gasteiger partial charge in [0.05, 0.1) is 11.4 Å². The fraction of sp³-hybridized carbons (Fsp3) is 0.118. The quantitative estimate of drug-likeness (QED) is 0.528. The fourth-order valence-electron chi connectivity index (χ4n) is 2.55. The third kappa shape index (κ3) is 3.10. The highest BCUT2D eigenvalue weighted by atomic mass is 79.9. The standard InChI is InChI=1S/C17H13Br2F2N3/c1-9-15(11-7-6-10(20)8-13(11)19)17(24(2)23-9)22-16-12(18)4-3-5-14(16)21/h3-8,22H,1-2H3. The van der Waals surface area contributed by atoms with E-state index in [1.807, 2.05) is 6.92 Å². The highest BCUT2D eigenvalue weighted by Crippen LogP contribution is 2.39. The number of aromatic nitrogens is 2. The number of hydrogen-bond acceptors (Lipinski definition) is 2. The van der Waals surface area contributed by atoms with Gasteiger partial charge in [-0.15, -0.1) is 0 Å². The van der Waals surface area contributed by atoms with Gasteiger partial charge < -0.3 is 5.32 Å². The summed E-state index contributed by atoms with van der Waals surface area (Å²) in [6, 6.07) is 9.20. The van der Waals surface area contributed by atoms with E-state index in [0.717, 1.165) is 16.8 Å². The first kappa shape index (κ1) is 17.1. The molecular weight excluding hydrogens is 444 g/mol. The molecule has 3 aromatic rings. The molecule has 24 heavy (non-hydrogen) atoms. The lowest BCUT2D eigenvalue weighted by molar-refractivity contribution is 0.627. The van der Waals surface area contributed by atoms with Gasteiger partial charge in [-0.1, -0.05) is 28.1 Å². The molecule has 3 rings (SSSR count). The average molecular weight is 457 g/mol. The second-order valence-electron chi connectivity index (χ2n) is 5.28. The molecular formula is C17H13Br2F2N3. The number of para-hydroxylation sites is 1. The van der Waals surface area contributed by atoms with Crippen molar-refractivity contribution in [1.29, 1.82) is 0 Å². The summed E-state index contributed by atoms with van der Waals surface area (Å²) in [7, 11) is 1.77. The van der Waals surface area contributed by atoms with Crippen LogP contribution in [0.15, 0.2) is 45.3 Å². The van der Waals surface area contributed by atoms with Gasteiger partial charge in [-0.3, -0.25) is 4.68 Å². The number of aryl methyl sites for hydroxylation is 2. The predicted octanol–water partition coefficient (Wildman–Crippen LogP) is 5.94. The number of nitrogens with one attached hydrogen (secondary N) is 1. The van der Waals surface area contributed by atoms with Gasteiger partial charge in [0.25, 0.3) is 0 Å². The Morgan fingerprint density at radius 2 is 1.83 bits per heavy atom. The molecule has 0 saturated carbocycles. The Labute approximate surface area is 154 Å². The lowest BCUT2D eigenvalue weighted by Crippen LogP contribution is -2.02. The molecule has 0 bridgehead atoms.